The fourth-order valence-electron chi connectivity index (χ4n) is 3.08. The van der Waals surface area contributed by atoms with Gasteiger partial charge in [-0.05, 0) is 49.6 Å². The number of halogens is 1. The van der Waals surface area contributed by atoms with E-state index >= 15 is 0 Å². The van der Waals surface area contributed by atoms with Crippen LogP contribution in [0, 0.1) is 24.0 Å². The van der Waals surface area contributed by atoms with Gasteiger partial charge in [-0.1, -0.05) is 24.6 Å². The van der Waals surface area contributed by atoms with Crippen LogP contribution in [-0.2, 0) is 14.8 Å². The summed E-state index contributed by atoms with van der Waals surface area (Å²) in [6.45, 7) is 5.35. The second kappa shape index (κ2) is 8.79. The zero-order chi connectivity index (χ0) is 21.9. The van der Waals surface area contributed by atoms with Gasteiger partial charge in [0.15, 0.2) is 0 Å². The van der Waals surface area contributed by atoms with Gasteiger partial charge in [0.1, 0.15) is 6.04 Å². The highest BCUT2D eigenvalue weighted by Crippen LogP contribution is 2.29. The minimum absolute atomic E-state index is 0.0400. The molecule has 1 N–H and O–H groups in total. The number of nitrogens with zero attached hydrogens (tertiary/aromatic N) is 2. The average Bonchev–Trinajstić information content (AvgIpc) is 2.58. The molecule has 156 valence electrons. The number of hydrogen-bond donors (Lipinski definition) is 1. The number of nitro groups is 1. The molecule has 0 heterocycles. The van der Waals surface area contributed by atoms with Crippen molar-refractivity contribution in [2.45, 2.75) is 33.2 Å². The molecule has 0 aliphatic carbocycles. The van der Waals surface area contributed by atoms with E-state index in [-0.39, 0.29) is 22.8 Å². The van der Waals surface area contributed by atoms with Crippen LogP contribution in [0.3, 0.4) is 0 Å². The number of aryl methyl sites for hydroxylation is 2. The van der Waals surface area contributed by atoms with E-state index in [2.05, 4.69) is 5.32 Å². The van der Waals surface area contributed by atoms with Crippen molar-refractivity contribution in [3.05, 3.63) is 62.7 Å². The molecule has 0 saturated heterocycles. The molecule has 2 aromatic carbocycles. The van der Waals surface area contributed by atoms with Gasteiger partial charge in [0, 0.05) is 12.1 Å². The first kappa shape index (κ1) is 22.6. The maximum Gasteiger partial charge on any atom is 0.271 e. The highest BCUT2D eigenvalue weighted by Gasteiger charge is 2.32. The van der Waals surface area contributed by atoms with Crippen LogP contribution in [0.15, 0.2) is 36.4 Å². The summed E-state index contributed by atoms with van der Waals surface area (Å²) in [6, 6.07) is 7.85. The summed E-state index contributed by atoms with van der Waals surface area (Å²) in [6.07, 6.45) is 1.21. The molecular formula is C19H22ClN3O5S. The molecule has 2 aromatic rings. The Morgan fingerprint density at radius 3 is 2.28 bits per heavy atom. The fourth-order valence-corrected chi connectivity index (χ4v) is 4.44. The van der Waals surface area contributed by atoms with Crippen molar-refractivity contribution in [1.82, 2.24) is 0 Å². The van der Waals surface area contributed by atoms with Gasteiger partial charge in [0.05, 0.1) is 27.6 Å². The van der Waals surface area contributed by atoms with Crippen molar-refractivity contribution >= 4 is 44.6 Å². The third kappa shape index (κ3) is 5.45. The molecule has 8 nitrogen and oxygen atoms in total. The van der Waals surface area contributed by atoms with Crippen LogP contribution in [0.5, 0.6) is 0 Å². The van der Waals surface area contributed by atoms with Crippen LogP contribution in [0.25, 0.3) is 0 Å². The number of non-ortho nitro benzene ring substituents is 1. The van der Waals surface area contributed by atoms with Gasteiger partial charge in [-0.25, -0.2) is 8.42 Å². The van der Waals surface area contributed by atoms with Crippen LogP contribution in [-0.4, -0.2) is 31.5 Å². The smallest absolute Gasteiger partial charge is 0.271 e. The predicted molar refractivity (Wildman–Crippen MR) is 114 cm³/mol. The number of anilines is 2. The standard InChI is InChI=1S/C19H22ClN3O5S/c1-5-18(19(24)21-17-11-14(23(25)26)6-7-16(17)20)22(29(4,27)28)15-9-12(2)8-13(3)10-15/h6-11,18H,5H2,1-4H3,(H,21,24)/t18-/m0/s1. The SMILES string of the molecule is CC[C@@H](C(=O)Nc1cc([N+](=O)[O-])ccc1Cl)N(c1cc(C)cc(C)c1)S(C)(=O)=O. The van der Waals surface area contributed by atoms with Crippen molar-refractivity contribution in [2.75, 3.05) is 15.9 Å². The molecule has 0 aliphatic heterocycles. The van der Waals surface area contributed by atoms with Gasteiger partial charge < -0.3 is 5.32 Å². The third-order valence-electron chi connectivity index (χ3n) is 4.21. The molecule has 0 aromatic heterocycles. The number of carbonyl (C=O) groups is 1. The zero-order valence-electron chi connectivity index (χ0n) is 16.5. The Hall–Kier alpha value is -2.65. The molecule has 0 unspecified atom stereocenters. The Kier molecular flexibility index (Phi) is 6.86. The number of benzene rings is 2. The van der Waals surface area contributed by atoms with E-state index in [9.17, 15) is 23.3 Å². The molecule has 2 rings (SSSR count). The highest BCUT2D eigenvalue weighted by molar-refractivity contribution is 7.92. The minimum Gasteiger partial charge on any atom is -0.323 e. The summed E-state index contributed by atoms with van der Waals surface area (Å²) in [5, 5.41) is 13.6. The third-order valence-corrected chi connectivity index (χ3v) is 5.72. The number of sulfonamides is 1. The number of hydrogen-bond acceptors (Lipinski definition) is 5. The van der Waals surface area contributed by atoms with Crippen molar-refractivity contribution in [1.29, 1.82) is 0 Å². The van der Waals surface area contributed by atoms with E-state index in [4.69, 9.17) is 11.6 Å². The number of nitrogens with one attached hydrogen (secondary N) is 1. The van der Waals surface area contributed by atoms with Crippen molar-refractivity contribution in [3.63, 3.8) is 0 Å². The normalized spacial score (nSPS) is 12.3. The Morgan fingerprint density at radius 2 is 1.79 bits per heavy atom. The van der Waals surface area contributed by atoms with Crippen molar-refractivity contribution < 1.29 is 18.1 Å². The summed E-state index contributed by atoms with van der Waals surface area (Å²) >= 11 is 6.05. The Morgan fingerprint density at radius 1 is 1.21 bits per heavy atom. The molecule has 1 atom stereocenters. The number of rotatable bonds is 7. The molecule has 29 heavy (non-hydrogen) atoms. The summed E-state index contributed by atoms with van der Waals surface area (Å²) in [7, 11) is -3.80. The van der Waals surface area contributed by atoms with Crippen LogP contribution in [0.4, 0.5) is 17.1 Å². The van der Waals surface area contributed by atoms with Gasteiger partial charge >= 0.3 is 0 Å². The molecular weight excluding hydrogens is 418 g/mol. The van der Waals surface area contributed by atoms with E-state index in [1.807, 2.05) is 19.9 Å². The lowest BCUT2D eigenvalue weighted by molar-refractivity contribution is -0.384. The fraction of sp³-hybridized carbons (Fsp3) is 0.316. The molecule has 10 heteroatoms. The Balaban J connectivity index is 2.47. The van der Waals surface area contributed by atoms with E-state index in [0.717, 1.165) is 27.8 Å². The van der Waals surface area contributed by atoms with Gasteiger partial charge in [0.2, 0.25) is 15.9 Å². The topological polar surface area (TPSA) is 110 Å². The molecule has 0 bridgehead atoms. The number of amides is 1. The van der Waals surface area contributed by atoms with Crippen LogP contribution >= 0.6 is 11.6 Å². The molecule has 1 amide bonds. The summed E-state index contributed by atoms with van der Waals surface area (Å²) in [4.78, 5) is 23.3. The Bertz CT molecular complexity index is 1040. The van der Waals surface area contributed by atoms with E-state index in [1.165, 1.54) is 12.1 Å². The molecule has 0 aliphatic rings. The van der Waals surface area contributed by atoms with Crippen molar-refractivity contribution in [2.24, 2.45) is 0 Å². The first-order chi connectivity index (χ1) is 13.4. The van der Waals surface area contributed by atoms with Crippen molar-refractivity contribution in [3.8, 4) is 0 Å². The second-order valence-corrected chi connectivity index (χ2v) is 9.01. The largest absolute Gasteiger partial charge is 0.323 e. The quantitative estimate of drug-likeness (QED) is 0.517. The predicted octanol–water partition coefficient (Wildman–Crippen LogP) is 4.05. The minimum atomic E-state index is -3.80. The number of carbonyl (C=O) groups excluding carboxylic acids is 1. The first-order valence-electron chi connectivity index (χ1n) is 8.76. The summed E-state index contributed by atoms with van der Waals surface area (Å²) in [5.74, 6) is -0.639. The monoisotopic (exact) mass is 439 g/mol. The molecule has 0 spiro atoms. The average molecular weight is 440 g/mol. The molecule has 0 saturated carbocycles. The maximum atomic E-state index is 13.0. The first-order valence-corrected chi connectivity index (χ1v) is 11.0. The number of nitro benzene ring substituents is 1. The maximum absolute atomic E-state index is 13.0. The second-order valence-electron chi connectivity index (χ2n) is 6.74. The Labute approximate surface area is 174 Å². The van der Waals surface area contributed by atoms with Crippen LogP contribution < -0.4 is 9.62 Å². The van der Waals surface area contributed by atoms with Crippen LogP contribution in [0.1, 0.15) is 24.5 Å². The van der Waals surface area contributed by atoms with E-state index in [0.29, 0.717) is 5.69 Å². The molecule has 0 radical (unpaired) electrons. The lowest BCUT2D eigenvalue weighted by Gasteiger charge is -2.30. The van der Waals surface area contributed by atoms with Gasteiger partial charge in [-0.15, -0.1) is 0 Å². The van der Waals surface area contributed by atoms with Crippen LogP contribution in [0.2, 0.25) is 5.02 Å². The highest BCUT2D eigenvalue weighted by atomic mass is 35.5. The zero-order valence-corrected chi connectivity index (χ0v) is 18.0. The summed E-state index contributed by atoms with van der Waals surface area (Å²) < 4.78 is 26.2. The lowest BCUT2D eigenvalue weighted by atomic mass is 10.1. The summed E-state index contributed by atoms with van der Waals surface area (Å²) in [5.41, 5.74) is 1.87. The lowest BCUT2D eigenvalue weighted by Crippen LogP contribution is -2.47. The van der Waals surface area contributed by atoms with Gasteiger partial charge in [-0.2, -0.15) is 0 Å². The van der Waals surface area contributed by atoms with Gasteiger partial charge in [0.25, 0.3) is 5.69 Å². The van der Waals surface area contributed by atoms with E-state index in [1.54, 1.807) is 19.1 Å². The van der Waals surface area contributed by atoms with Gasteiger partial charge in [-0.3, -0.25) is 19.2 Å². The molecule has 0 fully saturated rings. The van der Waals surface area contributed by atoms with E-state index < -0.39 is 26.9 Å².